The minimum absolute atomic E-state index is 0.282. The van der Waals surface area contributed by atoms with Gasteiger partial charge < -0.3 is 14.1 Å². The molecule has 0 radical (unpaired) electrons. The van der Waals surface area contributed by atoms with E-state index in [4.69, 9.17) is 9.15 Å². The molecule has 7 heteroatoms. The molecule has 7 nitrogen and oxygen atoms in total. The molecule has 0 atom stereocenters. The maximum Gasteiger partial charge on any atom is 0.433 e. The number of nitro groups is 1. The molecule has 0 saturated carbocycles. The standard InChI is InChI=1S/C21H23N3O4/c1-3-23(4-2)14-15-27-19-7-5-6-16-8-9-17(22-21(16)19)10-11-18-12-13-20(28-18)24(25)26/h5-13H,3-4,14-15H2,1-2H3/b11-10+. The van der Waals surface area contributed by atoms with E-state index in [1.54, 1.807) is 18.2 Å². The van der Waals surface area contributed by atoms with E-state index in [0.29, 0.717) is 18.1 Å². The minimum Gasteiger partial charge on any atom is -0.490 e. The monoisotopic (exact) mass is 381 g/mol. The molecule has 0 bridgehead atoms. The second-order valence-corrected chi connectivity index (χ2v) is 6.21. The lowest BCUT2D eigenvalue weighted by Crippen LogP contribution is -2.27. The van der Waals surface area contributed by atoms with Crippen molar-refractivity contribution >= 4 is 28.9 Å². The van der Waals surface area contributed by atoms with E-state index in [-0.39, 0.29) is 5.88 Å². The first kappa shape index (κ1) is 19.6. The molecule has 146 valence electrons. The molecule has 0 aliphatic carbocycles. The molecule has 0 spiro atoms. The Bertz CT molecular complexity index is 977. The molecule has 0 fully saturated rings. The number of aromatic nitrogens is 1. The number of hydrogen-bond donors (Lipinski definition) is 0. The molecular formula is C21H23N3O4. The second-order valence-electron chi connectivity index (χ2n) is 6.21. The number of benzene rings is 1. The summed E-state index contributed by atoms with van der Waals surface area (Å²) in [5.74, 6) is 0.862. The van der Waals surface area contributed by atoms with Crippen LogP contribution in [0.1, 0.15) is 25.3 Å². The summed E-state index contributed by atoms with van der Waals surface area (Å²) in [5.41, 5.74) is 1.50. The van der Waals surface area contributed by atoms with Crippen molar-refractivity contribution in [2.45, 2.75) is 13.8 Å². The van der Waals surface area contributed by atoms with Gasteiger partial charge in [-0.2, -0.15) is 0 Å². The Morgan fingerprint density at radius 3 is 2.68 bits per heavy atom. The molecule has 0 aliphatic rings. The number of hydrogen-bond acceptors (Lipinski definition) is 6. The molecule has 0 amide bonds. The average molecular weight is 381 g/mol. The normalized spacial score (nSPS) is 11.5. The van der Waals surface area contributed by atoms with Crippen molar-refractivity contribution in [2.75, 3.05) is 26.2 Å². The number of furan rings is 1. The Morgan fingerprint density at radius 1 is 1.14 bits per heavy atom. The number of fused-ring (bicyclic) bond motifs is 1. The second kappa shape index (κ2) is 9.14. The summed E-state index contributed by atoms with van der Waals surface area (Å²) in [5, 5.41) is 11.7. The van der Waals surface area contributed by atoms with Gasteiger partial charge in [-0.3, -0.25) is 10.1 Å². The Morgan fingerprint density at radius 2 is 1.96 bits per heavy atom. The summed E-state index contributed by atoms with van der Waals surface area (Å²) >= 11 is 0. The summed E-state index contributed by atoms with van der Waals surface area (Å²) in [6, 6.07) is 12.6. The fraction of sp³-hybridized carbons (Fsp3) is 0.286. The van der Waals surface area contributed by atoms with Gasteiger partial charge in [-0.1, -0.05) is 32.0 Å². The van der Waals surface area contributed by atoms with Crippen LogP contribution in [0.15, 0.2) is 46.9 Å². The Hall–Kier alpha value is -3.19. The predicted molar refractivity (Wildman–Crippen MR) is 109 cm³/mol. The predicted octanol–water partition coefficient (Wildman–Crippen LogP) is 4.63. The molecule has 0 N–H and O–H groups in total. The van der Waals surface area contributed by atoms with E-state index < -0.39 is 4.92 Å². The summed E-state index contributed by atoms with van der Waals surface area (Å²) in [6.45, 7) is 7.71. The van der Waals surface area contributed by atoms with Crippen molar-refractivity contribution in [3.8, 4) is 5.75 Å². The highest BCUT2D eigenvalue weighted by atomic mass is 16.6. The van der Waals surface area contributed by atoms with Crippen LogP contribution >= 0.6 is 0 Å². The van der Waals surface area contributed by atoms with Crippen molar-refractivity contribution in [2.24, 2.45) is 0 Å². The molecule has 0 unspecified atom stereocenters. The minimum atomic E-state index is -0.562. The average Bonchev–Trinajstić information content (AvgIpc) is 3.19. The Labute approximate surface area is 163 Å². The largest absolute Gasteiger partial charge is 0.490 e. The molecular weight excluding hydrogens is 358 g/mol. The van der Waals surface area contributed by atoms with Crippen LogP contribution in [0.3, 0.4) is 0 Å². The molecule has 1 aromatic carbocycles. The quantitative estimate of drug-likeness (QED) is 0.397. The maximum absolute atomic E-state index is 10.7. The van der Waals surface area contributed by atoms with Crippen LogP contribution in [0, 0.1) is 10.1 Å². The zero-order chi connectivity index (χ0) is 19.9. The van der Waals surface area contributed by atoms with E-state index >= 15 is 0 Å². The molecule has 28 heavy (non-hydrogen) atoms. The van der Waals surface area contributed by atoms with Crippen LogP contribution in [0.5, 0.6) is 5.75 Å². The van der Waals surface area contributed by atoms with E-state index in [1.165, 1.54) is 6.07 Å². The fourth-order valence-electron chi connectivity index (χ4n) is 2.87. The lowest BCUT2D eigenvalue weighted by Gasteiger charge is -2.18. The Balaban J connectivity index is 1.77. The topological polar surface area (TPSA) is 81.6 Å². The van der Waals surface area contributed by atoms with Gasteiger partial charge in [-0.25, -0.2) is 4.98 Å². The smallest absolute Gasteiger partial charge is 0.433 e. The van der Waals surface area contributed by atoms with Crippen LogP contribution in [0.2, 0.25) is 0 Å². The van der Waals surface area contributed by atoms with Crippen LogP contribution in [0.4, 0.5) is 5.88 Å². The zero-order valence-corrected chi connectivity index (χ0v) is 16.0. The Kier molecular flexibility index (Phi) is 6.39. The first-order chi connectivity index (χ1) is 13.6. The summed E-state index contributed by atoms with van der Waals surface area (Å²) in [4.78, 5) is 17.1. The number of para-hydroxylation sites is 1. The number of pyridine rings is 1. The van der Waals surface area contributed by atoms with Gasteiger partial charge in [0.05, 0.1) is 11.8 Å². The summed E-state index contributed by atoms with van der Waals surface area (Å²) in [6.07, 6.45) is 3.42. The number of rotatable bonds is 9. The third-order valence-electron chi connectivity index (χ3n) is 4.48. The highest BCUT2D eigenvalue weighted by Crippen LogP contribution is 2.25. The van der Waals surface area contributed by atoms with Gasteiger partial charge >= 0.3 is 5.88 Å². The first-order valence-electron chi connectivity index (χ1n) is 9.28. The maximum atomic E-state index is 10.7. The third-order valence-corrected chi connectivity index (χ3v) is 4.48. The highest BCUT2D eigenvalue weighted by molar-refractivity contribution is 5.86. The van der Waals surface area contributed by atoms with Crippen LogP contribution in [0.25, 0.3) is 23.1 Å². The highest BCUT2D eigenvalue weighted by Gasteiger charge is 2.10. The van der Waals surface area contributed by atoms with Crippen LogP contribution < -0.4 is 4.74 Å². The first-order valence-corrected chi connectivity index (χ1v) is 9.28. The van der Waals surface area contributed by atoms with Gasteiger partial charge in [-0.05, 0) is 43.4 Å². The van der Waals surface area contributed by atoms with Crippen LogP contribution in [-0.4, -0.2) is 41.0 Å². The van der Waals surface area contributed by atoms with Gasteiger partial charge in [0.25, 0.3) is 0 Å². The van der Waals surface area contributed by atoms with E-state index in [9.17, 15) is 10.1 Å². The SMILES string of the molecule is CCN(CC)CCOc1cccc2ccc(/C=C/c3ccc([N+](=O)[O-])o3)nc12. The number of ether oxygens (including phenoxy) is 1. The summed E-state index contributed by atoms with van der Waals surface area (Å²) < 4.78 is 11.1. The van der Waals surface area contributed by atoms with Crippen molar-refractivity contribution in [3.05, 3.63) is 64.0 Å². The van der Waals surface area contributed by atoms with E-state index in [2.05, 4.69) is 23.7 Å². The van der Waals surface area contributed by atoms with Crippen molar-refractivity contribution in [1.82, 2.24) is 9.88 Å². The van der Waals surface area contributed by atoms with E-state index in [0.717, 1.165) is 36.3 Å². The fourth-order valence-corrected chi connectivity index (χ4v) is 2.87. The number of likely N-dealkylation sites (N-methyl/N-ethyl adjacent to an activating group) is 1. The van der Waals surface area contributed by atoms with Gasteiger partial charge in [0, 0.05) is 11.9 Å². The number of nitrogens with zero attached hydrogens (tertiary/aromatic N) is 3. The zero-order valence-electron chi connectivity index (χ0n) is 16.0. The van der Waals surface area contributed by atoms with Crippen molar-refractivity contribution in [1.29, 1.82) is 0 Å². The molecule has 2 aromatic heterocycles. The van der Waals surface area contributed by atoms with Gasteiger partial charge in [0.1, 0.15) is 28.6 Å². The van der Waals surface area contributed by atoms with Gasteiger partial charge in [-0.15, -0.1) is 0 Å². The van der Waals surface area contributed by atoms with Gasteiger partial charge in [0.15, 0.2) is 0 Å². The van der Waals surface area contributed by atoms with Crippen molar-refractivity contribution in [3.63, 3.8) is 0 Å². The lowest BCUT2D eigenvalue weighted by atomic mass is 10.2. The molecule has 0 saturated heterocycles. The van der Waals surface area contributed by atoms with Gasteiger partial charge in [0.2, 0.25) is 0 Å². The molecule has 3 aromatic rings. The molecule has 2 heterocycles. The molecule has 0 aliphatic heterocycles. The summed E-state index contributed by atoms with van der Waals surface area (Å²) in [7, 11) is 0. The van der Waals surface area contributed by atoms with Crippen molar-refractivity contribution < 1.29 is 14.1 Å². The molecule has 3 rings (SSSR count). The lowest BCUT2D eigenvalue weighted by molar-refractivity contribution is -0.402. The van der Waals surface area contributed by atoms with E-state index in [1.807, 2.05) is 30.3 Å². The van der Waals surface area contributed by atoms with Crippen LogP contribution in [-0.2, 0) is 0 Å². The third kappa shape index (κ3) is 4.75.